The number of nitrogens with one attached hydrogen (secondary N) is 1. The molecular weight excluding hydrogens is 493 g/mol. The Hall–Kier alpha value is -3.54. The van der Waals surface area contributed by atoms with E-state index in [1.165, 1.54) is 25.3 Å². The van der Waals surface area contributed by atoms with Gasteiger partial charge in [0.1, 0.15) is 15.7 Å². The number of nitrogens with zero attached hydrogens (tertiary/aromatic N) is 2. The van der Waals surface area contributed by atoms with Crippen LogP contribution in [0.15, 0.2) is 24.3 Å². The highest BCUT2D eigenvalue weighted by Crippen LogP contribution is 2.38. The summed E-state index contributed by atoms with van der Waals surface area (Å²) in [6.45, 7) is 5.60. The number of pyridine rings is 1. The minimum absolute atomic E-state index is 0.0205. The molecule has 0 saturated heterocycles. The van der Waals surface area contributed by atoms with Crippen LogP contribution in [-0.4, -0.2) is 61.7 Å². The second-order valence-corrected chi connectivity index (χ2v) is 10.9. The van der Waals surface area contributed by atoms with E-state index in [1.54, 1.807) is 6.92 Å². The predicted molar refractivity (Wildman–Crippen MR) is 129 cm³/mol. The number of ether oxygens (including phenoxy) is 2. The summed E-state index contributed by atoms with van der Waals surface area (Å²) in [4.78, 5) is 44.2. The quantitative estimate of drug-likeness (QED) is 0.472. The smallest absolute Gasteiger partial charge is 0.265 e. The number of imide groups is 1. The first-order chi connectivity index (χ1) is 16.9. The van der Waals surface area contributed by atoms with Crippen molar-refractivity contribution in [1.82, 2.24) is 9.88 Å². The molecule has 0 aliphatic carbocycles. The molecule has 194 valence electrons. The van der Waals surface area contributed by atoms with Crippen LogP contribution in [0, 0.1) is 11.7 Å². The number of halogens is 1. The molecule has 1 atom stereocenters. The number of hydrogen-bond donors (Lipinski definition) is 1. The number of sulfone groups is 1. The molecule has 36 heavy (non-hydrogen) atoms. The summed E-state index contributed by atoms with van der Waals surface area (Å²) in [7, 11) is -2.36. The highest BCUT2D eigenvalue weighted by Gasteiger charge is 2.45. The van der Waals surface area contributed by atoms with Gasteiger partial charge in [-0.1, -0.05) is 13.8 Å². The molecule has 1 N–H and O–H groups in total. The van der Waals surface area contributed by atoms with E-state index in [0.717, 1.165) is 12.3 Å². The van der Waals surface area contributed by atoms with Gasteiger partial charge in [0.2, 0.25) is 5.91 Å². The maximum absolute atomic E-state index is 14.8. The monoisotopic (exact) mass is 521 g/mol. The lowest BCUT2D eigenvalue weighted by molar-refractivity contribution is -0.116. The molecule has 2 aromatic rings. The Bertz CT molecular complexity index is 1310. The Labute approximate surface area is 208 Å². The molecule has 1 aromatic heterocycles. The molecule has 0 saturated carbocycles. The van der Waals surface area contributed by atoms with Crippen LogP contribution in [0.3, 0.4) is 0 Å². The van der Waals surface area contributed by atoms with Gasteiger partial charge in [0.25, 0.3) is 17.7 Å². The third-order valence-corrected chi connectivity index (χ3v) is 6.27. The molecule has 2 heterocycles. The van der Waals surface area contributed by atoms with Crippen LogP contribution in [0.1, 0.15) is 59.6 Å². The number of amides is 3. The number of carbonyl (C=O) groups is 3. The first kappa shape index (κ1) is 27.1. The summed E-state index contributed by atoms with van der Waals surface area (Å²) in [5, 5.41) is 2.56. The zero-order valence-corrected chi connectivity index (χ0v) is 21.4. The van der Waals surface area contributed by atoms with Crippen molar-refractivity contribution in [3.63, 3.8) is 0 Å². The zero-order valence-electron chi connectivity index (χ0n) is 20.6. The van der Waals surface area contributed by atoms with E-state index in [0.29, 0.717) is 4.90 Å². The Kier molecular flexibility index (Phi) is 7.97. The minimum atomic E-state index is -3.76. The van der Waals surface area contributed by atoms with Crippen molar-refractivity contribution in [3.8, 4) is 11.6 Å². The van der Waals surface area contributed by atoms with Gasteiger partial charge in [-0.25, -0.2) is 17.8 Å². The Morgan fingerprint density at radius 2 is 1.81 bits per heavy atom. The molecule has 1 aliphatic rings. The minimum Gasteiger partial charge on any atom is -0.491 e. The lowest BCUT2D eigenvalue weighted by atomic mass is 10.1. The van der Waals surface area contributed by atoms with Gasteiger partial charge >= 0.3 is 0 Å². The van der Waals surface area contributed by atoms with Crippen molar-refractivity contribution in [2.24, 2.45) is 5.92 Å². The van der Waals surface area contributed by atoms with Crippen LogP contribution in [-0.2, 0) is 14.6 Å². The van der Waals surface area contributed by atoms with Crippen LogP contribution in [0.25, 0.3) is 0 Å². The normalized spacial score (nSPS) is 14.1. The summed E-state index contributed by atoms with van der Waals surface area (Å²) >= 11 is 0. The fourth-order valence-electron chi connectivity index (χ4n) is 3.90. The molecule has 12 heteroatoms. The standard InChI is InChI=1S/C24H28FN3O7S/c1-6-35-22-18(34-4)10-9-15(27-22)17(12-36(5,32)33)28-23(30)20-14(25)7-8-16(21(20)24(28)31)26-19(29)11-13(2)3/h7-10,13,17H,6,11-12H2,1-5H3,(H,26,29)/t17-/m1/s1. The van der Waals surface area contributed by atoms with Crippen molar-refractivity contribution in [3.05, 3.63) is 46.9 Å². The van der Waals surface area contributed by atoms with Gasteiger partial charge in [-0.05, 0) is 37.1 Å². The molecule has 0 unspecified atom stereocenters. The summed E-state index contributed by atoms with van der Waals surface area (Å²) in [6, 6.07) is 3.66. The van der Waals surface area contributed by atoms with Gasteiger partial charge in [0, 0.05) is 12.7 Å². The number of benzene rings is 1. The molecule has 0 spiro atoms. The summed E-state index contributed by atoms with van der Waals surface area (Å²) in [5.74, 6) is -3.70. The predicted octanol–water partition coefficient (Wildman–Crippen LogP) is 2.99. The maximum Gasteiger partial charge on any atom is 0.265 e. The van der Waals surface area contributed by atoms with E-state index in [4.69, 9.17) is 9.47 Å². The average molecular weight is 522 g/mol. The van der Waals surface area contributed by atoms with Gasteiger partial charge in [-0.2, -0.15) is 0 Å². The number of fused-ring (bicyclic) bond motifs is 1. The number of hydrogen-bond acceptors (Lipinski definition) is 8. The number of methoxy groups -OCH3 is 1. The van der Waals surface area contributed by atoms with E-state index < -0.39 is 50.7 Å². The van der Waals surface area contributed by atoms with E-state index in [-0.39, 0.29) is 47.5 Å². The van der Waals surface area contributed by atoms with Crippen LogP contribution < -0.4 is 14.8 Å². The highest BCUT2D eigenvalue weighted by atomic mass is 32.2. The van der Waals surface area contributed by atoms with Crippen molar-refractivity contribution < 1.29 is 36.7 Å². The topological polar surface area (TPSA) is 132 Å². The van der Waals surface area contributed by atoms with Crippen LogP contribution in [0.2, 0.25) is 0 Å². The Morgan fingerprint density at radius 3 is 2.39 bits per heavy atom. The van der Waals surface area contributed by atoms with Crippen molar-refractivity contribution in [2.45, 2.75) is 33.2 Å². The molecule has 1 aliphatic heterocycles. The van der Waals surface area contributed by atoms with Gasteiger partial charge < -0.3 is 14.8 Å². The lowest BCUT2D eigenvalue weighted by Crippen LogP contribution is -2.38. The molecule has 0 bridgehead atoms. The fraction of sp³-hybridized carbons (Fsp3) is 0.417. The van der Waals surface area contributed by atoms with E-state index >= 15 is 0 Å². The van der Waals surface area contributed by atoms with E-state index in [9.17, 15) is 27.2 Å². The summed E-state index contributed by atoms with van der Waals surface area (Å²) in [5.41, 5.74) is -0.882. The molecule has 3 rings (SSSR count). The molecule has 0 fully saturated rings. The SMILES string of the molecule is CCOc1nc([C@@H](CS(C)(=O)=O)N2C(=O)c3c(F)ccc(NC(=O)CC(C)C)c3C2=O)ccc1OC. The first-order valence-electron chi connectivity index (χ1n) is 11.2. The van der Waals surface area contributed by atoms with Gasteiger partial charge in [0.05, 0.1) is 48.0 Å². The van der Waals surface area contributed by atoms with Crippen molar-refractivity contribution in [1.29, 1.82) is 0 Å². The van der Waals surface area contributed by atoms with Gasteiger partial charge in [-0.3, -0.25) is 19.3 Å². The van der Waals surface area contributed by atoms with Crippen LogP contribution in [0.4, 0.5) is 10.1 Å². The summed E-state index contributed by atoms with van der Waals surface area (Å²) < 4.78 is 50.1. The number of aromatic nitrogens is 1. The molecule has 1 aromatic carbocycles. The average Bonchev–Trinajstić information content (AvgIpc) is 3.04. The fourth-order valence-corrected chi connectivity index (χ4v) is 4.80. The van der Waals surface area contributed by atoms with Crippen molar-refractivity contribution >= 4 is 33.2 Å². The second-order valence-electron chi connectivity index (χ2n) is 8.76. The van der Waals surface area contributed by atoms with Crippen molar-refractivity contribution in [2.75, 3.05) is 31.0 Å². The van der Waals surface area contributed by atoms with E-state index in [1.807, 2.05) is 13.8 Å². The maximum atomic E-state index is 14.8. The Morgan fingerprint density at radius 1 is 1.14 bits per heavy atom. The Balaban J connectivity index is 2.12. The zero-order chi connectivity index (χ0) is 26.8. The number of rotatable bonds is 10. The lowest BCUT2D eigenvalue weighted by Gasteiger charge is -2.26. The highest BCUT2D eigenvalue weighted by molar-refractivity contribution is 7.90. The second kappa shape index (κ2) is 10.6. The largest absolute Gasteiger partial charge is 0.491 e. The molecule has 0 radical (unpaired) electrons. The summed E-state index contributed by atoms with van der Waals surface area (Å²) in [6.07, 6.45) is 1.09. The van der Waals surface area contributed by atoms with Gasteiger partial charge in [-0.15, -0.1) is 0 Å². The molecular formula is C24H28FN3O7S. The first-order valence-corrected chi connectivity index (χ1v) is 13.3. The van der Waals surface area contributed by atoms with E-state index in [2.05, 4.69) is 10.3 Å². The van der Waals surface area contributed by atoms with Crippen LogP contribution in [0.5, 0.6) is 11.6 Å². The molecule has 10 nitrogen and oxygen atoms in total. The third-order valence-electron chi connectivity index (χ3n) is 5.35. The number of carbonyl (C=O) groups excluding carboxylic acids is 3. The third kappa shape index (κ3) is 5.64. The van der Waals surface area contributed by atoms with Gasteiger partial charge in [0.15, 0.2) is 5.75 Å². The molecule has 3 amide bonds. The number of anilines is 1. The van der Waals surface area contributed by atoms with Crippen LogP contribution >= 0.6 is 0 Å².